The molecule has 10 heteroatoms. The van der Waals surface area contributed by atoms with Gasteiger partial charge in [-0.3, -0.25) is 10.1 Å². The summed E-state index contributed by atoms with van der Waals surface area (Å²) in [5.41, 5.74) is 8.29. The van der Waals surface area contributed by atoms with Crippen LogP contribution in [0.2, 0.25) is 0 Å². The predicted molar refractivity (Wildman–Crippen MR) is 124 cm³/mol. The number of benzene rings is 1. The van der Waals surface area contributed by atoms with Crippen LogP contribution in [0.5, 0.6) is 0 Å². The normalized spacial score (nSPS) is 12.0. The Kier molecular flexibility index (Phi) is 7.60. The second-order valence-corrected chi connectivity index (χ2v) is 8.64. The number of amides is 3. The maximum Gasteiger partial charge on any atom is 0.321 e. The number of aromatic nitrogens is 3. The van der Waals surface area contributed by atoms with Crippen LogP contribution in [0.15, 0.2) is 36.8 Å². The fraction of sp³-hybridized carbons (Fsp3) is 0.364. The van der Waals surface area contributed by atoms with Crippen molar-refractivity contribution < 1.29 is 14.3 Å². The van der Waals surface area contributed by atoms with Crippen LogP contribution >= 0.6 is 11.3 Å². The summed E-state index contributed by atoms with van der Waals surface area (Å²) in [4.78, 5) is 33.3. The van der Waals surface area contributed by atoms with Crippen LogP contribution in [0.1, 0.15) is 58.2 Å². The molecule has 32 heavy (non-hydrogen) atoms. The maximum atomic E-state index is 12.3. The highest BCUT2D eigenvalue weighted by Gasteiger charge is 2.21. The summed E-state index contributed by atoms with van der Waals surface area (Å²) in [5.74, 6) is -0.481. The first-order valence-electron chi connectivity index (χ1n) is 10.3. The zero-order valence-electron chi connectivity index (χ0n) is 18.6. The maximum absolute atomic E-state index is 12.3. The Morgan fingerprint density at radius 1 is 1.25 bits per heavy atom. The first kappa shape index (κ1) is 23.4. The Labute approximate surface area is 191 Å². The van der Waals surface area contributed by atoms with Crippen molar-refractivity contribution in [3.63, 3.8) is 0 Å². The van der Waals surface area contributed by atoms with Gasteiger partial charge in [-0.1, -0.05) is 23.5 Å². The third-order valence-electron chi connectivity index (χ3n) is 4.94. The van der Waals surface area contributed by atoms with Crippen LogP contribution in [0.25, 0.3) is 0 Å². The van der Waals surface area contributed by atoms with Gasteiger partial charge in [-0.05, 0) is 38.5 Å². The van der Waals surface area contributed by atoms with E-state index in [0.29, 0.717) is 29.7 Å². The minimum atomic E-state index is -0.481. The molecule has 0 aliphatic rings. The van der Waals surface area contributed by atoms with Gasteiger partial charge in [0.2, 0.25) is 5.91 Å². The van der Waals surface area contributed by atoms with Crippen LogP contribution in [-0.4, -0.2) is 40.1 Å². The van der Waals surface area contributed by atoms with Crippen molar-refractivity contribution in [2.24, 2.45) is 5.73 Å². The van der Waals surface area contributed by atoms with Crippen molar-refractivity contribution in [1.29, 1.82) is 0 Å². The van der Waals surface area contributed by atoms with Crippen LogP contribution in [0, 0.1) is 6.92 Å². The number of carbonyl (C=O) groups is 2. The topological polar surface area (TPSA) is 124 Å². The molecule has 3 amide bonds. The number of urea groups is 1. The van der Waals surface area contributed by atoms with E-state index in [2.05, 4.69) is 34.4 Å². The molecule has 0 saturated carbocycles. The van der Waals surface area contributed by atoms with Crippen molar-refractivity contribution in [2.45, 2.75) is 39.3 Å². The Morgan fingerprint density at radius 2 is 1.97 bits per heavy atom. The van der Waals surface area contributed by atoms with Crippen molar-refractivity contribution in [2.75, 3.05) is 19.0 Å². The molecule has 1 atom stereocenters. The van der Waals surface area contributed by atoms with E-state index in [1.165, 1.54) is 11.3 Å². The van der Waals surface area contributed by atoms with E-state index < -0.39 is 5.91 Å². The van der Waals surface area contributed by atoms with E-state index in [4.69, 9.17) is 10.5 Å². The Hall–Kier alpha value is -3.24. The second kappa shape index (κ2) is 10.4. The lowest BCUT2D eigenvalue weighted by Gasteiger charge is -2.15. The summed E-state index contributed by atoms with van der Waals surface area (Å²) in [6, 6.07) is 6.95. The molecule has 0 saturated heterocycles. The SMILES string of the molecule is COC(c1ccc(C(N)=O)cc1)c1sc(NC(=O)NCCc2cn(C(C)C)cn2)nc1C. The number of nitrogens with one attached hydrogen (secondary N) is 2. The highest BCUT2D eigenvalue weighted by molar-refractivity contribution is 7.16. The zero-order valence-corrected chi connectivity index (χ0v) is 19.4. The largest absolute Gasteiger partial charge is 0.371 e. The number of rotatable bonds is 9. The van der Waals surface area contributed by atoms with Crippen molar-refractivity contribution >= 4 is 28.4 Å². The molecule has 0 spiro atoms. The predicted octanol–water partition coefficient (Wildman–Crippen LogP) is 3.43. The van der Waals surface area contributed by atoms with E-state index in [-0.39, 0.29) is 12.1 Å². The standard InChI is InChI=1S/C22H28N6O3S/c1-13(2)28-11-17(25-12-28)9-10-24-21(30)27-22-26-14(3)19(32-22)18(31-4)15-5-7-16(8-6-15)20(23)29/h5-8,11-13,18H,9-10H2,1-4H3,(H2,23,29)(H2,24,26,27,30). The molecule has 4 N–H and O–H groups in total. The average Bonchev–Trinajstić information content (AvgIpc) is 3.36. The number of primary amides is 1. The third kappa shape index (κ3) is 5.71. The molecular weight excluding hydrogens is 428 g/mol. The highest BCUT2D eigenvalue weighted by Crippen LogP contribution is 2.34. The molecule has 1 unspecified atom stereocenters. The van der Waals surface area contributed by atoms with Gasteiger partial charge in [0, 0.05) is 37.9 Å². The van der Waals surface area contributed by atoms with E-state index in [9.17, 15) is 9.59 Å². The molecule has 0 aliphatic heterocycles. The van der Waals surface area contributed by atoms with Crippen LogP contribution < -0.4 is 16.4 Å². The van der Waals surface area contributed by atoms with Crippen LogP contribution in [0.3, 0.4) is 0 Å². The molecule has 0 aliphatic carbocycles. The fourth-order valence-corrected chi connectivity index (χ4v) is 4.23. The number of imidazole rings is 1. The fourth-order valence-electron chi connectivity index (χ4n) is 3.16. The number of aryl methyl sites for hydroxylation is 1. The second-order valence-electron chi connectivity index (χ2n) is 7.61. The number of nitrogens with zero attached hydrogens (tertiary/aromatic N) is 3. The van der Waals surface area contributed by atoms with Gasteiger partial charge in [-0.15, -0.1) is 0 Å². The van der Waals surface area contributed by atoms with Crippen molar-refractivity contribution in [1.82, 2.24) is 19.9 Å². The lowest BCUT2D eigenvalue weighted by atomic mass is 10.0. The van der Waals surface area contributed by atoms with E-state index in [1.54, 1.807) is 37.7 Å². The molecule has 0 fully saturated rings. The van der Waals surface area contributed by atoms with E-state index >= 15 is 0 Å². The van der Waals surface area contributed by atoms with Gasteiger partial charge >= 0.3 is 6.03 Å². The molecule has 9 nitrogen and oxygen atoms in total. The summed E-state index contributed by atoms with van der Waals surface area (Å²) in [7, 11) is 1.60. The number of hydrogen-bond acceptors (Lipinski definition) is 6. The molecule has 2 aromatic heterocycles. The van der Waals surface area contributed by atoms with Gasteiger partial charge in [-0.2, -0.15) is 0 Å². The number of methoxy groups -OCH3 is 1. The molecule has 3 aromatic rings. The molecule has 1 aromatic carbocycles. The number of thiazole rings is 1. The lowest BCUT2D eigenvalue weighted by molar-refractivity contribution is 0.1000. The summed E-state index contributed by atoms with van der Waals surface area (Å²) >= 11 is 1.35. The van der Waals surface area contributed by atoms with Gasteiger partial charge in [0.05, 0.1) is 22.6 Å². The molecule has 170 valence electrons. The minimum Gasteiger partial charge on any atom is -0.371 e. The van der Waals surface area contributed by atoms with E-state index in [0.717, 1.165) is 21.8 Å². The summed E-state index contributed by atoms with van der Waals surface area (Å²) in [6.45, 7) is 6.51. The number of carbonyl (C=O) groups excluding carboxylic acids is 2. The Morgan fingerprint density at radius 3 is 2.56 bits per heavy atom. The number of nitrogens with two attached hydrogens (primary N) is 1. The molecule has 2 heterocycles. The van der Waals surface area contributed by atoms with Crippen LogP contribution in [0.4, 0.5) is 9.93 Å². The minimum absolute atomic E-state index is 0.326. The smallest absolute Gasteiger partial charge is 0.321 e. The summed E-state index contributed by atoms with van der Waals surface area (Å²) < 4.78 is 7.70. The number of ether oxygens (including phenoxy) is 1. The Bertz CT molecular complexity index is 1070. The van der Waals surface area contributed by atoms with Crippen molar-refractivity contribution in [3.8, 4) is 0 Å². The first-order valence-corrected chi connectivity index (χ1v) is 11.1. The average molecular weight is 457 g/mol. The van der Waals surface area contributed by atoms with Gasteiger partial charge in [0.1, 0.15) is 6.10 Å². The summed E-state index contributed by atoms with van der Waals surface area (Å²) in [5, 5.41) is 6.09. The third-order valence-corrected chi connectivity index (χ3v) is 6.06. The summed E-state index contributed by atoms with van der Waals surface area (Å²) in [6.07, 6.45) is 4.06. The van der Waals surface area contributed by atoms with Gasteiger partial charge in [0.25, 0.3) is 0 Å². The zero-order chi connectivity index (χ0) is 23.3. The van der Waals surface area contributed by atoms with Gasteiger partial charge < -0.3 is 20.4 Å². The number of anilines is 1. The van der Waals surface area contributed by atoms with E-state index in [1.807, 2.05) is 17.7 Å². The molecule has 0 radical (unpaired) electrons. The highest BCUT2D eigenvalue weighted by atomic mass is 32.1. The quantitative estimate of drug-likeness (QED) is 0.455. The molecule has 0 bridgehead atoms. The van der Waals surface area contributed by atoms with Crippen molar-refractivity contribution in [3.05, 3.63) is 64.2 Å². The number of hydrogen-bond donors (Lipinski definition) is 3. The van der Waals surface area contributed by atoms with Gasteiger partial charge in [0.15, 0.2) is 5.13 Å². The molecular formula is C22H28N6O3S. The Balaban J connectivity index is 1.59. The van der Waals surface area contributed by atoms with Gasteiger partial charge in [-0.25, -0.2) is 14.8 Å². The van der Waals surface area contributed by atoms with Crippen LogP contribution in [-0.2, 0) is 11.2 Å². The first-order chi connectivity index (χ1) is 15.3. The lowest BCUT2D eigenvalue weighted by Crippen LogP contribution is -2.30. The molecule has 3 rings (SSSR count). The monoisotopic (exact) mass is 456 g/mol.